The minimum atomic E-state index is -0.449. The summed E-state index contributed by atoms with van der Waals surface area (Å²) in [6, 6.07) is 13.7. The molecule has 30 heavy (non-hydrogen) atoms. The molecule has 0 atom stereocenters. The summed E-state index contributed by atoms with van der Waals surface area (Å²) < 4.78 is 0. The van der Waals surface area contributed by atoms with Crippen molar-refractivity contribution >= 4 is 52.0 Å². The van der Waals surface area contributed by atoms with Crippen LogP contribution in [-0.4, -0.2) is 24.3 Å². The van der Waals surface area contributed by atoms with Crippen LogP contribution >= 0.6 is 22.9 Å². The molecule has 2 aromatic carbocycles. The van der Waals surface area contributed by atoms with Gasteiger partial charge in [0, 0.05) is 11.3 Å². The number of rotatable bonds is 6. The van der Waals surface area contributed by atoms with Gasteiger partial charge in [-0.15, -0.1) is 11.3 Å². The van der Waals surface area contributed by atoms with Crippen LogP contribution in [0.25, 0.3) is 0 Å². The largest absolute Gasteiger partial charge is 0.343 e. The van der Waals surface area contributed by atoms with Gasteiger partial charge >= 0.3 is 0 Å². The van der Waals surface area contributed by atoms with Crippen molar-refractivity contribution in [2.24, 2.45) is 0 Å². The molecule has 0 unspecified atom stereocenters. The molecule has 0 saturated carbocycles. The molecule has 3 rings (SSSR count). The van der Waals surface area contributed by atoms with Crippen molar-refractivity contribution in [1.29, 1.82) is 0 Å². The maximum Gasteiger partial charge on any atom is 0.265 e. The standard InChI is InChI=1S/C22H20ClN3O3S/c1-13-5-3-6-14(2)20(13)26-19(27)12-24-21(28)15-8-9-16(23)17(11-15)25-22(29)18-7-4-10-30-18/h3-11H,12H2,1-2H3,(H,24,28)(H,25,29)(H,26,27). The van der Waals surface area contributed by atoms with E-state index in [1.165, 1.54) is 29.5 Å². The molecule has 3 amide bonds. The zero-order valence-electron chi connectivity index (χ0n) is 16.4. The van der Waals surface area contributed by atoms with Crippen LogP contribution in [0, 0.1) is 13.8 Å². The topological polar surface area (TPSA) is 87.3 Å². The third-order valence-corrected chi connectivity index (χ3v) is 5.57. The third-order valence-electron chi connectivity index (χ3n) is 4.38. The number of aryl methyl sites for hydroxylation is 2. The summed E-state index contributed by atoms with van der Waals surface area (Å²) in [6.45, 7) is 3.62. The highest BCUT2D eigenvalue weighted by Gasteiger charge is 2.14. The number of amides is 3. The minimum absolute atomic E-state index is 0.188. The number of benzene rings is 2. The molecule has 0 aliphatic rings. The molecular weight excluding hydrogens is 422 g/mol. The maximum absolute atomic E-state index is 12.5. The Morgan fingerprint density at radius 2 is 1.67 bits per heavy atom. The van der Waals surface area contributed by atoms with E-state index in [0.717, 1.165) is 16.8 Å². The van der Waals surface area contributed by atoms with Crippen LogP contribution in [0.4, 0.5) is 11.4 Å². The molecule has 1 aromatic heterocycles. The van der Waals surface area contributed by atoms with Crippen LogP contribution in [0.1, 0.15) is 31.2 Å². The van der Waals surface area contributed by atoms with Gasteiger partial charge in [0.1, 0.15) is 0 Å². The molecule has 3 aromatic rings. The fraction of sp³-hybridized carbons (Fsp3) is 0.136. The third kappa shape index (κ3) is 5.25. The highest BCUT2D eigenvalue weighted by Crippen LogP contribution is 2.24. The molecule has 0 saturated heterocycles. The molecule has 0 aliphatic carbocycles. The van der Waals surface area contributed by atoms with Crippen molar-refractivity contribution in [2.75, 3.05) is 17.2 Å². The van der Waals surface area contributed by atoms with Crippen molar-refractivity contribution in [2.45, 2.75) is 13.8 Å². The Balaban J connectivity index is 1.62. The first kappa shape index (κ1) is 21.5. The van der Waals surface area contributed by atoms with Crippen LogP contribution in [0.5, 0.6) is 0 Å². The lowest BCUT2D eigenvalue weighted by atomic mass is 10.1. The summed E-state index contributed by atoms with van der Waals surface area (Å²) in [4.78, 5) is 37.5. The van der Waals surface area contributed by atoms with Crippen LogP contribution in [0.15, 0.2) is 53.9 Å². The number of thiophene rings is 1. The van der Waals surface area contributed by atoms with Crippen LogP contribution in [0.3, 0.4) is 0 Å². The number of carbonyl (C=O) groups excluding carboxylic acids is 3. The first-order valence-electron chi connectivity index (χ1n) is 9.14. The Kier molecular flexibility index (Phi) is 6.87. The zero-order valence-corrected chi connectivity index (χ0v) is 18.0. The molecule has 8 heteroatoms. The van der Waals surface area contributed by atoms with E-state index in [9.17, 15) is 14.4 Å². The summed E-state index contributed by atoms with van der Waals surface area (Å²) in [5, 5.41) is 10.2. The summed E-state index contributed by atoms with van der Waals surface area (Å²) in [6.07, 6.45) is 0. The van der Waals surface area contributed by atoms with Crippen molar-refractivity contribution in [1.82, 2.24) is 5.32 Å². The van der Waals surface area contributed by atoms with E-state index in [-0.39, 0.29) is 23.9 Å². The van der Waals surface area contributed by atoms with E-state index in [1.54, 1.807) is 17.5 Å². The molecule has 0 bridgehead atoms. The molecular formula is C22H20ClN3O3S. The number of hydrogen-bond donors (Lipinski definition) is 3. The van der Waals surface area contributed by atoms with Crippen LogP contribution in [-0.2, 0) is 4.79 Å². The lowest BCUT2D eigenvalue weighted by Crippen LogP contribution is -2.33. The average molecular weight is 442 g/mol. The molecule has 0 radical (unpaired) electrons. The lowest BCUT2D eigenvalue weighted by Gasteiger charge is -2.12. The normalized spacial score (nSPS) is 10.4. The Hall–Kier alpha value is -3.16. The number of hydrogen-bond acceptors (Lipinski definition) is 4. The van der Waals surface area contributed by atoms with Gasteiger partial charge < -0.3 is 16.0 Å². The first-order chi connectivity index (χ1) is 14.3. The number of anilines is 2. The van der Waals surface area contributed by atoms with E-state index in [0.29, 0.717) is 15.6 Å². The molecule has 154 valence electrons. The van der Waals surface area contributed by atoms with Crippen molar-refractivity contribution in [3.63, 3.8) is 0 Å². The molecule has 0 aliphatic heterocycles. The SMILES string of the molecule is Cc1cccc(C)c1NC(=O)CNC(=O)c1ccc(Cl)c(NC(=O)c2cccs2)c1. The van der Waals surface area contributed by atoms with E-state index >= 15 is 0 Å². The number of carbonyl (C=O) groups is 3. The smallest absolute Gasteiger partial charge is 0.265 e. The van der Waals surface area contributed by atoms with E-state index in [2.05, 4.69) is 16.0 Å². The Labute approximate surface area is 183 Å². The minimum Gasteiger partial charge on any atom is -0.343 e. The quantitative estimate of drug-likeness (QED) is 0.520. The van der Waals surface area contributed by atoms with Gasteiger partial charge in [-0.2, -0.15) is 0 Å². The van der Waals surface area contributed by atoms with Gasteiger partial charge in [-0.25, -0.2) is 0 Å². The molecule has 0 spiro atoms. The first-order valence-corrected chi connectivity index (χ1v) is 10.4. The molecule has 3 N–H and O–H groups in total. The fourth-order valence-corrected chi connectivity index (χ4v) is 3.60. The van der Waals surface area contributed by atoms with Crippen LogP contribution in [0.2, 0.25) is 5.02 Å². The van der Waals surface area contributed by atoms with Gasteiger partial charge in [0.15, 0.2) is 0 Å². The summed E-state index contributed by atoms with van der Waals surface area (Å²) >= 11 is 7.45. The highest BCUT2D eigenvalue weighted by atomic mass is 35.5. The van der Waals surface area contributed by atoms with Crippen molar-refractivity contribution in [3.8, 4) is 0 Å². The number of para-hydroxylation sites is 1. The van der Waals surface area contributed by atoms with Crippen molar-refractivity contribution in [3.05, 3.63) is 80.5 Å². The molecule has 1 heterocycles. The second-order valence-corrected chi connectivity index (χ2v) is 7.98. The van der Waals surface area contributed by atoms with Crippen LogP contribution < -0.4 is 16.0 Å². The van der Waals surface area contributed by atoms with Crippen molar-refractivity contribution < 1.29 is 14.4 Å². The monoisotopic (exact) mass is 441 g/mol. The van der Waals surface area contributed by atoms with Gasteiger partial charge in [0.25, 0.3) is 11.8 Å². The fourth-order valence-electron chi connectivity index (χ4n) is 2.81. The Morgan fingerprint density at radius 3 is 2.33 bits per heavy atom. The maximum atomic E-state index is 12.5. The Bertz CT molecular complexity index is 1080. The second-order valence-electron chi connectivity index (χ2n) is 6.62. The summed E-state index contributed by atoms with van der Waals surface area (Å²) in [5.41, 5.74) is 3.22. The zero-order chi connectivity index (χ0) is 21.7. The van der Waals surface area contributed by atoms with E-state index in [1.807, 2.05) is 32.0 Å². The second kappa shape index (κ2) is 9.56. The number of halogens is 1. The van der Waals surface area contributed by atoms with Gasteiger partial charge in [-0.3, -0.25) is 14.4 Å². The molecule has 0 fully saturated rings. The predicted octanol–water partition coefficient (Wildman–Crippen LogP) is 4.64. The van der Waals surface area contributed by atoms with Gasteiger partial charge in [0.05, 0.1) is 22.1 Å². The van der Waals surface area contributed by atoms with Gasteiger partial charge in [-0.1, -0.05) is 35.9 Å². The van der Waals surface area contributed by atoms with E-state index < -0.39 is 5.91 Å². The van der Waals surface area contributed by atoms with E-state index in [4.69, 9.17) is 11.6 Å². The average Bonchev–Trinajstić information content (AvgIpc) is 3.26. The Morgan fingerprint density at radius 1 is 0.933 bits per heavy atom. The predicted molar refractivity (Wildman–Crippen MR) is 121 cm³/mol. The van der Waals surface area contributed by atoms with Gasteiger partial charge in [0.2, 0.25) is 5.91 Å². The lowest BCUT2D eigenvalue weighted by molar-refractivity contribution is -0.115. The molecule has 6 nitrogen and oxygen atoms in total. The summed E-state index contributed by atoms with van der Waals surface area (Å²) in [7, 11) is 0. The summed E-state index contributed by atoms with van der Waals surface area (Å²) in [5.74, 6) is -1.09. The number of nitrogens with one attached hydrogen (secondary N) is 3. The van der Waals surface area contributed by atoms with Gasteiger partial charge in [-0.05, 0) is 54.6 Å². The highest BCUT2D eigenvalue weighted by molar-refractivity contribution is 7.12.